The van der Waals surface area contributed by atoms with Gasteiger partial charge in [-0.3, -0.25) is 9.59 Å². The second-order valence-electron chi connectivity index (χ2n) is 5.63. The molecule has 3 N–H and O–H groups in total. The number of amides is 2. The SMILES string of the molecule is CC[C@@H](C)[C@H](NC(=O)c1nnn(-c2ccccc2Cl)c1C)C(N)=O. The molecule has 2 aromatic rings. The number of benzene rings is 1. The number of nitrogens with one attached hydrogen (secondary N) is 1. The molecule has 0 radical (unpaired) electrons. The minimum Gasteiger partial charge on any atom is -0.368 e. The molecule has 24 heavy (non-hydrogen) atoms. The zero-order valence-corrected chi connectivity index (χ0v) is 14.5. The number of carbonyl (C=O) groups is 2. The van der Waals surface area contributed by atoms with Gasteiger partial charge in [-0.25, -0.2) is 4.68 Å². The lowest BCUT2D eigenvalue weighted by molar-refractivity contribution is -0.120. The zero-order valence-electron chi connectivity index (χ0n) is 13.8. The van der Waals surface area contributed by atoms with Gasteiger partial charge >= 0.3 is 0 Å². The fourth-order valence-corrected chi connectivity index (χ4v) is 2.55. The summed E-state index contributed by atoms with van der Waals surface area (Å²) in [4.78, 5) is 24.0. The Labute approximate surface area is 145 Å². The van der Waals surface area contributed by atoms with Gasteiger partial charge in [0.15, 0.2) is 5.69 Å². The largest absolute Gasteiger partial charge is 0.368 e. The first-order valence-electron chi connectivity index (χ1n) is 7.64. The Balaban J connectivity index is 2.29. The first kappa shape index (κ1) is 17.9. The molecule has 2 atom stereocenters. The monoisotopic (exact) mass is 349 g/mol. The van der Waals surface area contributed by atoms with Gasteiger partial charge in [-0.2, -0.15) is 0 Å². The molecule has 7 nitrogen and oxygen atoms in total. The lowest BCUT2D eigenvalue weighted by Crippen LogP contribution is -2.48. The van der Waals surface area contributed by atoms with E-state index in [1.165, 1.54) is 4.68 Å². The Kier molecular flexibility index (Phi) is 5.56. The molecule has 0 fully saturated rings. The van der Waals surface area contributed by atoms with E-state index < -0.39 is 17.9 Å². The van der Waals surface area contributed by atoms with Crippen molar-refractivity contribution in [2.24, 2.45) is 11.7 Å². The van der Waals surface area contributed by atoms with Crippen molar-refractivity contribution in [1.82, 2.24) is 20.3 Å². The van der Waals surface area contributed by atoms with Crippen molar-refractivity contribution < 1.29 is 9.59 Å². The molecule has 0 unspecified atom stereocenters. The summed E-state index contributed by atoms with van der Waals surface area (Å²) in [6, 6.07) is 6.36. The molecule has 0 aliphatic heterocycles. The van der Waals surface area contributed by atoms with Crippen LogP contribution in [-0.4, -0.2) is 32.9 Å². The van der Waals surface area contributed by atoms with E-state index in [1.807, 2.05) is 19.9 Å². The maximum atomic E-state index is 12.5. The molecule has 0 bridgehead atoms. The number of aromatic nitrogens is 3. The molecule has 2 rings (SSSR count). The topological polar surface area (TPSA) is 103 Å². The van der Waals surface area contributed by atoms with Crippen LogP contribution >= 0.6 is 11.6 Å². The Morgan fingerprint density at radius 3 is 2.62 bits per heavy atom. The molecule has 1 aromatic carbocycles. The first-order chi connectivity index (χ1) is 11.4. The second-order valence-corrected chi connectivity index (χ2v) is 6.03. The smallest absolute Gasteiger partial charge is 0.274 e. The Morgan fingerprint density at radius 1 is 1.38 bits per heavy atom. The summed E-state index contributed by atoms with van der Waals surface area (Å²) in [6.07, 6.45) is 0.708. The standard InChI is InChI=1S/C16H20ClN5O2/c1-4-9(2)13(15(18)23)19-16(24)14-10(3)22(21-20-14)12-8-6-5-7-11(12)17/h5-9,13H,4H2,1-3H3,(H2,18,23)(H,19,24)/t9-,13+/m1/s1. The zero-order chi connectivity index (χ0) is 17.9. The van der Waals surface area contributed by atoms with Crippen LogP contribution in [0.1, 0.15) is 36.5 Å². The lowest BCUT2D eigenvalue weighted by atomic mass is 9.98. The predicted molar refractivity (Wildman–Crippen MR) is 91.0 cm³/mol. The third-order valence-electron chi connectivity index (χ3n) is 4.00. The molecule has 2 amide bonds. The van der Waals surface area contributed by atoms with Crippen molar-refractivity contribution in [1.29, 1.82) is 0 Å². The van der Waals surface area contributed by atoms with E-state index >= 15 is 0 Å². The summed E-state index contributed by atoms with van der Waals surface area (Å²) in [5.41, 5.74) is 6.65. The van der Waals surface area contributed by atoms with Crippen LogP contribution < -0.4 is 11.1 Å². The van der Waals surface area contributed by atoms with Gasteiger partial charge in [-0.15, -0.1) is 5.10 Å². The van der Waals surface area contributed by atoms with Crippen molar-refractivity contribution in [2.75, 3.05) is 0 Å². The van der Waals surface area contributed by atoms with Gasteiger partial charge in [-0.1, -0.05) is 49.2 Å². The van der Waals surface area contributed by atoms with Crippen molar-refractivity contribution in [2.45, 2.75) is 33.2 Å². The van der Waals surface area contributed by atoms with E-state index in [4.69, 9.17) is 17.3 Å². The summed E-state index contributed by atoms with van der Waals surface area (Å²) in [5.74, 6) is -1.14. The molecule has 8 heteroatoms. The lowest BCUT2D eigenvalue weighted by Gasteiger charge is -2.20. The highest BCUT2D eigenvalue weighted by molar-refractivity contribution is 6.32. The number of primary amides is 1. The second kappa shape index (κ2) is 7.44. The summed E-state index contributed by atoms with van der Waals surface area (Å²) >= 11 is 6.16. The third-order valence-corrected chi connectivity index (χ3v) is 4.32. The number of nitrogens with two attached hydrogens (primary N) is 1. The minimum atomic E-state index is -0.757. The average molecular weight is 350 g/mol. The summed E-state index contributed by atoms with van der Waals surface area (Å²) in [7, 11) is 0. The van der Waals surface area contributed by atoms with Crippen LogP contribution in [0.25, 0.3) is 5.69 Å². The highest BCUT2D eigenvalue weighted by atomic mass is 35.5. The van der Waals surface area contributed by atoms with E-state index in [2.05, 4.69) is 15.6 Å². The summed E-state index contributed by atoms with van der Waals surface area (Å²) < 4.78 is 1.49. The fourth-order valence-electron chi connectivity index (χ4n) is 2.33. The molecule has 0 aliphatic carbocycles. The molecule has 0 saturated heterocycles. The molecule has 0 aliphatic rings. The highest BCUT2D eigenvalue weighted by Crippen LogP contribution is 2.21. The third kappa shape index (κ3) is 3.56. The van der Waals surface area contributed by atoms with Crippen LogP contribution in [0.15, 0.2) is 24.3 Å². The van der Waals surface area contributed by atoms with Gasteiger partial charge in [0, 0.05) is 0 Å². The Hall–Kier alpha value is -2.41. The number of rotatable bonds is 6. The number of para-hydroxylation sites is 1. The summed E-state index contributed by atoms with van der Waals surface area (Å²) in [6.45, 7) is 5.48. The van der Waals surface area contributed by atoms with Crippen LogP contribution in [0.4, 0.5) is 0 Å². The molecule has 1 aromatic heterocycles. The van der Waals surface area contributed by atoms with E-state index in [1.54, 1.807) is 25.1 Å². The quantitative estimate of drug-likeness (QED) is 0.830. The molecule has 1 heterocycles. The molecule has 0 saturated carbocycles. The van der Waals surface area contributed by atoms with Crippen molar-refractivity contribution in [3.05, 3.63) is 40.7 Å². The predicted octanol–water partition coefficient (Wildman–Crippen LogP) is 1.86. The van der Waals surface area contributed by atoms with Gasteiger partial charge in [-0.05, 0) is 25.0 Å². The molecular formula is C16H20ClN5O2. The van der Waals surface area contributed by atoms with Crippen LogP contribution in [0.3, 0.4) is 0 Å². The van der Waals surface area contributed by atoms with Crippen LogP contribution in [0.5, 0.6) is 0 Å². The van der Waals surface area contributed by atoms with E-state index in [-0.39, 0.29) is 11.6 Å². The van der Waals surface area contributed by atoms with E-state index in [0.717, 1.165) is 0 Å². The number of hydrogen-bond acceptors (Lipinski definition) is 4. The average Bonchev–Trinajstić information content (AvgIpc) is 2.93. The Morgan fingerprint density at radius 2 is 2.04 bits per heavy atom. The van der Waals surface area contributed by atoms with Crippen LogP contribution in [0.2, 0.25) is 5.02 Å². The van der Waals surface area contributed by atoms with Crippen LogP contribution in [-0.2, 0) is 4.79 Å². The molecular weight excluding hydrogens is 330 g/mol. The molecule has 0 spiro atoms. The van der Waals surface area contributed by atoms with Gasteiger partial charge in [0.2, 0.25) is 5.91 Å². The fraction of sp³-hybridized carbons (Fsp3) is 0.375. The number of hydrogen-bond donors (Lipinski definition) is 2. The number of nitrogens with zero attached hydrogens (tertiary/aromatic N) is 3. The van der Waals surface area contributed by atoms with Crippen molar-refractivity contribution >= 4 is 23.4 Å². The van der Waals surface area contributed by atoms with Gasteiger partial charge in [0.25, 0.3) is 5.91 Å². The van der Waals surface area contributed by atoms with Crippen molar-refractivity contribution in [3.63, 3.8) is 0 Å². The normalized spacial score (nSPS) is 13.3. The van der Waals surface area contributed by atoms with Crippen LogP contribution in [0, 0.1) is 12.8 Å². The first-order valence-corrected chi connectivity index (χ1v) is 8.02. The minimum absolute atomic E-state index is 0.0784. The van der Waals surface area contributed by atoms with Gasteiger partial charge in [0.1, 0.15) is 6.04 Å². The van der Waals surface area contributed by atoms with Gasteiger partial charge in [0.05, 0.1) is 16.4 Å². The maximum Gasteiger partial charge on any atom is 0.274 e. The van der Waals surface area contributed by atoms with Gasteiger partial charge < -0.3 is 11.1 Å². The van der Waals surface area contributed by atoms with E-state index in [9.17, 15) is 9.59 Å². The number of carbonyl (C=O) groups excluding carboxylic acids is 2. The highest BCUT2D eigenvalue weighted by Gasteiger charge is 2.27. The maximum absolute atomic E-state index is 12.5. The van der Waals surface area contributed by atoms with E-state index in [0.29, 0.717) is 22.8 Å². The molecule has 128 valence electrons. The summed E-state index contributed by atoms with van der Waals surface area (Å²) in [5, 5.41) is 11.0. The Bertz CT molecular complexity index is 759. The van der Waals surface area contributed by atoms with Crippen molar-refractivity contribution in [3.8, 4) is 5.69 Å². The number of halogens is 1.